The third kappa shape index (κ3) is 8.87. The van der Waals surface area contributed by atoms with Gasteiger partial charge in [0.15, 0.2) is 6.61 Å². The Morgan fingerprint density at radius 2 is 1.60 bits per heavy atom. The van der Waals surface area contributed by atoms with Gasteiger partial charge in [0.25, 0.3) is 5.91 Å². The van der Waals surface area contributed by atoms with Crippen LogP contribution in [0.25, 0.3) is 11.0 Å². The molecule has 0 aliphatic carbocycles. The van der Waals surface area contributed by atoms with E-state index in [9.17, 15) is 4.79 Å². The molecule has 1 atom stereocenters. The fourth-order valence-corrected chi connectivity index (χ4v) is 4.79. The molecular formula is C34H43N3O3. The van der Waals surface area contributed by atoms with Gasteiger partial charge in [0.05, 0.1) is 17.6 Å². The molecule has 6 heteroatoms. The van der Waals surface area contributed by atoms with E-state index in [1.54, 1.807) is 0 Å². The van der Waals surface area contributed by atoms with E-state index in [-0.39, 0.29) is 12.5 Å². The largest absolute Gasteiger partial charge is 0.494 e. The minimum Gasteiger partial charge on any atom is -0.494 e. The van der Waals surface area contributed by atoms with Crippen molar-refractivity contribution >= 4 is 16.9 Å². The molecule has 1 unspecified atom stereocenters. The summed E-state index contributed by atoms with van der Waals surface area (Å²) in [7, 11) is 0. The highest BCUT2D eigenvalue weighted by Crippen LogP contribution is 2.22. The zero-order chi connectivity index (χ0) is 28.0. The SMILES string of the molecule is CCC(C)c1ccc(OCCCCn2c(CCCCCNC(=O)COc3ccccc3)nc3ccccc32)cc1. The first-order chi connectivity index (χ1) is 19.6. The maximum absolute atomic E-state index is 12.0. The highest BCUT2D eigenvalue weighted by Gasteiger charge is 2.10. The van der Waals surface area contributed by atoms with Crippen LogP contribution in [-0.2, 0) is 17.8 Å². The number of aryl methyl sites for hydroxylation is 2. The number of unbranched alkanes of at least 4 members (excludes halogenated alkanes) is 3. The minimum absolute atomic E-state index is 0.0452. The molecule has 0 saturated carbocycles. The Kier molecular flexibility index (Phi) is 11.5. The molecule has 3 aromatic carbocycles. The number of carbonyl (C=O) groups excluding carboxylic acids is 1. The fraction of sp³-hybridized carbons (Fsp3) is 0.412. The van der Waals surface area contributed by atoms with Crippen molar-refractivity contribution < 1.29 is 14.3 Å². The van der Waals surface area contributed by atoms with E-state index >= 15 is 0 Å². The van der Waals surface area contributed by atoms with Crippen molar-refractivity contribution in [1.29, 1.82) is 0 Å². The van der Waals surface area contributed by atoms with Gasteiger partial charge in [-0.2, -0.15) is 0 Å². The van der Waals surface area contributed by atoms with Crippen molar-refractivity contribution in [2.45, 2.75) is 71.3 Å². The number of rotatable bonds is 17. The molecule has 1 N–H and O–H groups in total. The topological polar surface area (TPSA) is 65.4 Å². The number of amides is 1. The number of hydrogen-bond donors (Lipinski definition) is 1. The van der Waals surface area contributed by atoms with Gasteiger partial charge in [-0.1, -0.05) is 62.7 Å². The summed E-state index contributed by atoms with van der Waals surface area (Å²) >= 11 is 0. The second kappa shape index (κ2) is 15.7. The molecule has 1 amide bonds. The standard InChI is InChI=1S/C34H43N3O3/c1-3-27(2)28-19-21-30(22-20-28)39-25-13-12-24-37-32-17-10-9-16-31(32)36-33(37)18-8-5-11-23-35-34(38)26-40-29-14-6-4-7-15-29/h4,6-7,9-10,14-17,19-22,27H,3,5,8,11-13,18,23-26H2,1-2H3,(H,35,38). The lowest BCUT2D eigenvalue weighted by atomic mass is 9.99. The molecule has 6 nitrogen and oxygen atoms in total. The lowest BCUT2D eigenvalue weighted by molar-refractivity contribution is -0.123. The van der Waals surface area contributed by atoms with Gasteiger partial charge >= 0.3 is 0 Å². The Bertz CT molecular complexity index is 1300. The van der Waals surface area contributed by atoms with Crippen LogP contribution in [0, 0.1) is 0 Å². The summed E-state index contributed by atoms with van der Waals surface area (Å²) in [5, 5.41) is 2.95. The van der Waals surface area contributed by atoms with Crippen molar-refractivity contribution in [1.82, 2.24) is 14.9 Å². The first-order valence-corrected chi connectivity index (χ1v) is 14.8. The summed E-state index contributed by atoms with van der Waals surface area (Å²) in [6.07, 6.45) is 7.12. The normalized spacial score (nSPS) is 11.8. The van der Waals surface area contributed by atoms with Crippen molar-refractivity contribution in [3.8, 4) is 11.5 Å². The van der Waals surface area contributed by atoms with E-state index in [2.05, 4.69) is 66.2 Å². The number of nitrogens with zero attached hydrogens (tertiary/aromatic N) is 2. The molecular weight excluding hydrogens is 498 g/mol. The molecule has 1 aromatic heterocycles. The van der Waals surface area contributed by atoms with E-state index < -0.39 is 0 Å². The van der Waals surface area contributed by atoms with Crippen molar-refractivity contribution in [2.24, 2.45) is 0 Å². The maximum atomic E-state index is 12.0. The lowest BCUT2D eigenvalue weighted by Gasteiger charge is -2.12. The van der Waals surface area contributed by atoms with Crippen molar-refractivity contribution in [3.05, 3.63) is 90.3 Å². The molecule has 40 heavy (non-hydrogen) atoms. The number of hydrogen-bond acceptors (Lipinski definition) is 4. The van der Waals surface area contributed by atoms with Crippen LogP contribution in [0.3, 0.4) is 0 Å². The van der Waals surface area contributed by atoms with E-state index in [0.29, 0.717) is 24.8 Å². The van der Waals surface area contributed by atoms with Gasteiger partial charge in [0, 0.05) is 19.5 Å². The summed E-state index contributed by atoms with van der Waals surface area (Å²) < 4.78 is 13.9. The number of fused-ring (bicyclic) bond motifs is 1. The molecule has 0 spiro atoms. The first-order valence-electron chi connectivity index (χ1n) is 14.8. The lowest BCUT2D eigenvalue weighted by Crippen LogP contribution is -2.29. The first kappa shape index (κ1) is 29.2. The Morgan fingerprint density at radius 3 is 2.40 bits per heavy atom. The minimum atomic E-state index is -0.0854. The third-order valence-electron chi connectivity index (χ3n) is 7.35. The average Bonchev–Trinajstić information content (AvgIpc) is 3.35. The summed E-state index contributed by atoms with van der Waals surface area (Å²) in [6, 6.07) is 26.3. The number of benzene rings is 3. The van der Waals surface area contributed by atoms with E-state index in [1.807, 2.05) is 36.4 Å². The van der Waals surface area contributed by atoms with Crippen LogP contribution < -0.4 is 14.8 Å². The zero-order valence-corrected chi connectivity index (χ0v) is 24.0. The number of para-hydroxylation sites is 3. The van der Waals surface area contributed by atoms with Gasteiger partial charge in [-0.15, -0.1) is 0 Å². The molecule has 0 saturated heterocycles. The molecule has 0 aliphatic heterocycles. The number of nitrogens with one attached hydrogen (secondary N) is 1. The Hall–Kier alpha value is -3.80. The van der Waals surface area contributed by atoms with Crippen molar-refractivity contribution in [3.63, 3.8) is 0 Å². The van der Waals surface area contributed by atoms with Gasteiger partial charge < -0.3 is 19.4 Å². The van der Waals surface area contributed by atoms with Gasteiger partial charge in [0.2, 0.25) is 0 Å². The average molecular weight is 542 g/mol. The van der Waals surface area contributed by atoms with Crippen molar-refractivity contribution in [2.75, 3.05) is 19.8 Å². The number of ether oxygens (including phenoxy) is 2. The van der Waals surface area contributed by atoms with Crippen LogP contribution in [0.15, 0.2) is 78.9 Å². The van der Waals surface area contributed by atoms with Gasteiger partial charge in [-0.3, -0.25) is 4.79 Å². The molecule has 0 fully saturated rings. The van der Waals surface area contributed by atoms with Gasteiger partial charge in [-0.25, -0.2) is 4.98 Å². The van der Waals surface area contributed by atoms with E-state index in [1.165, 1.54) is 11.1 Å². The summed E-state index contributed by atoms with van der Waals surface area (Å²) in [5.74, 6) is 3.29. The zero-order valence-electron chi connectivity index (χ0n) is 24.0. The Balaban J connectivity index is 1.16. The van der Waals surface area contributed by atoms with E-state index in [0.717, 1.165) is 68.6 Å². The summed E-state index contributed by atoms with van der Waals surface area (Å²) in [4.78, 5) is 17.0. The second-order valence-electron chi connectivity index (χ2n) is 10.4. The van der Waals surface area contributed by atoms with Crippen LogP contribution in [0.2, 0.25) is 0 Å². The maximum Gasteiger partial charge on any atom is 0.257 e. The second-order valence-corrected chi connectivity index (χ2v) is 10.4. The predicted octanol–water partition coefficient (Wildman–Crippen LogP) is 7.32. The third-order valence-corrected chi connectivity index (χ3v) is 7.35. The Labute approximate surface area is 238 Å². The summed E-state index contributed by atoms with van der Waals surface area (Å²) in [5.41, 5.74) is 3.62. The van der Waals surface area contributed by atoms with Crippen LogP contribution in [0.4, 0.5) is 0 Å². The Morgan fingerprint density at radius 1 is 0.850 bits per heavy atom. The number of aromatic nitrogens is 2. The highest BCUT2D eigenvalue weighted by atomic mass is 16.5. The molecule has 1 heterocycles. The monoisotopic (exact) mass is 541 g/mol. The molecule has 0 radical (unpaired) electrons. The molecule has 4 aromatic rings. The van der Waals surface area contributed by atoms with E-state index in [4.69, 9.17) is 14.5 Å². The van der Waals surface area contributed by atoms with Crippen LogP contribution in [0.1, 0.15) is 69.7 Å². The number of imidazole rings is 1. The van der Waals surface area contributed by atoms with Crippen LogP contribution in [-0.4, -0.2) is 35.2 Å². The molecule has 4 rings (SSSR count). The van der Waals surface area contributed by atoms with Gasteiger partial charge in [-0.05, 0) is 80.0 Å². The number of carbonyl (C=O) groups is 1. The van der Waals surface area contributed by atoms with Crippen LogP contribution in [0.5, 0.6) is 11.5 Å². The molecule has 0 bridgehead atoms. The summed E-state index contributed by atoms with van der Waals surface area (Å²) in [6.45, 7) is 6.83. The van der Waals surface area contributed by atoms with Gasteiger partial charge in [0.1, 0.15) is 17.3 Å². The quantitative estimate of drug-likeness (QED) is 0.142. The smallest absolute Gasteiger partial charge is 0.257 e. The molecule has 212 valence electrons. The van der Waals surface area contributed by atoms with Crippen LogP contribution >= 0.6 is 0 Å². The molecule has 0 aliphatic rings. The predicted molar refractivity (Wildman–Crippen MR) is 162 cm³/mol. The fourth-order valence-electron chi connectivity index (χ4n) is 4.79. The highest BCUT2D eigenvalue weighted by molar-refractivity contribution is 5.77.